The van der Waals surface area contributed by atoms with Crippen LogP contribution >= 0.6 is 0 Å². The Labute approximate surface area is 248 Å². The molecule has 0 saturated heterocycles. The molecule has 0 unspecified atom stereocenters. The topological polar surface area (TPSA) is 17.1 Å². The highest BCUT2D eigenvalue weighted by Crippen LogP contribution is 2.38. The molecule has 0 saturated carbocycles. The molecule has 1 nitrogen and oxygen atoms in total. The maximum absolute atomic E-state index is 12.4. The summed E-state index contributed by atoms with van der Waals surface area (Å²) in [5.74, 6) is -0.465. The fraction of sp³-hybridized carbons (Fsp3) is 0.0750. The molecule has 42 heavy (non-hydrogen) atoms. The quantitative estimate of drug-likeness (QED) is 0.201. The van der Waals surface area contributed by atoms with Crippen molar-refractivity contribution in [2.24, 2.45) is 0 Å². The number of aldehydes is 1. The van der Waals surface area contributed by atoms with Crippen LogP contribution in [0.3, 0.4) is 0 Å². The largest absolute Gasteiger partial charge is 0.298 e. The first-order valence-corrected chi connectivity index (χ1v) is 14.1. The monoisotopic (exact) mass is 548 g/mol. The van der Waals surface area contributed by atoms with Gasteiger partial charge < -0.3 is 0 Å². The van der Waals surface area contributed by atoms with Crippen LogP contribution in [0.25, 0.3) is 33.4 Å². The first kappa shape index (κ1) is 28.4. The minimum Gasteiger partial charge on any atom is -0.298 e. The number of hydrogen-bond acceptors (Lipinski definition) is 1. The number of rotatable bonds is 3. The lowest BCUT2D eigenvalue weighted by atomic mass is 9.98. The summed E-state index contributed by atoms with van der Waals surface area (Å²) < 4.78 is 12.4. The van der Waals surface area contributed by atoms with E-state index < -0.39 is 5.82 Å². The molecule has 6 aromatic carbocycles. The molecule has 0 fully saturated rings. The molecular formula is C40H33FO. The van der Waals surface area contributed by atoms with Crippen LogP contribution < -0.4 is 0 Å². The van der Waals surface area contributed by atoms with Crippen molar-refractivity contribution >= 4 is 6.29 Å². The summed E-state index contributed by atoms with van der Waals surface area (Å²) in [5, 5.41) is 0. The third kappa shape index (κ3) is 6.62. The van der Waals surface area contributed by atoms with E-state index >= 15 is 0 Å². The molecule has 0 amide bonds. The van der Waals surface area contributed by atoms with Gasteiger partial charge in [0.1, 0.15) is 5.82 Å². The highest BCUT2D eigenvalue weighted by molar-refractivity contribution is 5.78. The lowest BCUT2D eigenvalue weighted by Crippen LogP contribution is -1.89. The smallest absolute Gasteiger partial charge is 0.152 e. The maximum Gasteiger partial charge on any atom is 0.152 e. The molecule has 1 aliphatic carbocycles. The summed E-state index contributed by atoms with van der Waals surface area (Å²) in [4.78, 5) is 9.99. The zero-order valence-corrected chi connectivity index (χ0v) is 23.9. The van der Waals surface area contributed by atoms with E-state index in [0.717, 1.165) is 6.42 Å². The molecule has 0 radical (unpaired) electrons. The van der Waals surface area contributed by atoms with Crippen LogP contribution in [0.4, 0.5) is 4.39 Å². The van der Waals surface area contributed by atoms with Gasteiger partial charge in [-0.05, 0) is 88.0 Å². The fourth-order valence-corrected chi connectivity index (χ4v) is 5.17. The van der Waals surface area contributed by atoms with Gasteiger partial charge in [0.2, 0.25) is 0 Å². The van der Waals surface area contributed by atoms with Crippen LogP contribution in [0.5, 0.6) is 0 Å². The van der Waals surface area contributed by atoms with Gasteiger partial charge in [-0.1, -0.05) is 133 Å². The summed E-state index contributed by atoms with van der Waals surface area (Å²) in [5.41, 5.74) is 13.9. The van der Waals surface area contributed by atoms with E-state index in [1.54, 1.807) is 12.1 Å². The standard InChI is InChI=1S/C18H14.C15H14.C7H5FO/c1-3-7-15(8-4-1)17-11-13-18(14-12-17)16-9-5-2-6-10-16;1-10-7-8-14-13-6-4-3-5-12(13)9-15(14)11(10)2;8-7-4-2-1-3-6(7)5-9/h1-14H;3-8H,9H2,1-2H3;1-5H. The molecule has 1 aliphatic rings. The Hall–Kier alpha value is -5.08. The van der Waals surface area contributed by atoms with Gasteiger partial charge in [-0.3, -0.25) is 4.79 Å². The Bertz CT molecular complexity index is 1710. The molecule has 206 valence electrons. The zero-order chi connectivity index (χ0) is 29.3. The second-order valence-electron chi connectivity index (χ2n) is 10.3. The average molecular weight is 549 g/mol. The van der Waals surface area contributed by atoms with Gasteiger partial charge >= 0.3 is 0 Å². The lowest BCUT2D eigenvalue weighted by Gasteiger charge is -2.06. The van der Waals surface area contributed by atoms with E-state index in [1.807, 2.05) is 12.1 Å². The second kappa shape index (κ2) is 13.5. The Kier molecular flexibility index (Phi) is 9.16. The van der Waals surface area contributed by atoms with Crippen molar-refractivity contribution in [3.8, 4) is 33.4 Å². The van der Waals surface area contributed by atoms with E-state index in [0.29, 0.717) is 6.29 Å². The Balaban J connectivity index is 0.000000133. The second-order valence-corrected chi connectivity index (χ2v) is 10.3. The van der Waals surface area contributed by atoms with Gasteiger partial charge in [0.05, 0.1) is 5.56 Å². The van der Waals surface area contributed by atoms with Crippen LogP contribution in [0.1, 0.15) is 32.6 Å². The molecule has 0 spiro atoms. The number of benzene rings is 6. The van der Waals surface area contributed by atoms with Crippen molar-refractivity contribution in [3.63, 3.8) is 0 Å². The third-order valence-corrected chi connectivity index (χ3v) is 7.68. The first-order valence-electron chi connectivity index (χ1n) is 14.1. The number of aryl methyl sites for hydroxylation is 1. The first-order chi connectivity index (χ1) is 20.5. The van der Waals surface area contributed by atoms with E-state index in [1.165, 1.54) is 67.8 Å². The Morgan fingerprint density at radius 3 is 1.57 bits per heavy atom. The molecule has 0 aliphatic heterocycles. The molecule has 0 heterocycles. The van der Waals surface area contributed by atoms with Crippen molar-refractivity contribution in [1.29, 1.82) is 0 Å². The minimum atomic E-state index is -0.465. The maximum atomic E-state index is 12.4. The van der Waals surface area contributed by atoms with Crippen LogP contribution in [-0.4, -0.2) is 6.29 Å². The summed E-state index contributed by atoms with van der Waals surface area (Å²) in [7, 11) is 0. The molecule has 0 bridgehead atoms. The predicted octanol–water partition coefficient (Wildman–Crippen LogP) is 10.5. The average Bonchev–Trinajstić information content (AvgIpc) is 3.44. The lowest BCUT2D eigenvalue weighted by molar-refractivity contribution is 0.112. The van der Waals surface area contributed by atoms with Crippen molar-refractivity contribution in [1.82, 2.24) is 0 Å². The molecule has 7 rings (SSSR count). The molecule has 0 atom stereocenters. The summed E-state index contributed by atoms with van der Waals surface area (Å²) in [6, 6.07) is 48.7. The van der Waals surface area contributed by atoms with Crippen LogP contribution in [0.2, 0.25) is 0 Å². The van der Waals surface area contributed by atoms with Crippen molar-refractivity contribution < 1.29 is 9.18 Å². The molecule has 6 aromatic rings. The molecule has 0 N–H and O–H groups in total. The van der Waals surface area contributed by atoms with E-state index in [2.05, 4.69) is 123 Å². The SMILES string of the molecule is Cc1ccc2c(c1C)Cc1ccccc1-2.O=Cc1ccccc1F.c1ccc(-c2ccc(-c3ccccc3)cc2)cc1. The van der Waals surface area contributed by atoms with Gasteiger partial charge in [-0.15, -0.1) is 0 Å². The predicted molar refractivity (Wildman–Crippen MR) is 173 cm³/mol. The van der Waals surface area contributed by atoms with Crippen LogP contribution in [-0.2, 0) is 6.42 Å². The van der Waals surface area contributed by atoms with Gasteiger partial charge in [-0.2, -0.15) is 0 Å². The summed E-state index contributed by atoms with van der Waals surface area (Å²) in [6.07, 6.45) is 1.61. The number of fused-ring (bicyclic) bond motifs is 3. The molecular weight excluding hydrogens is 515 g/mol. The normalized spacial score (nSPS) is 10.7. The number of carbonyl (C=O) groups excluding carboxylic acids is 1. The zero-order valence-electron chi connectivity index (χ0n) is 23.9. The highest BCUT2D eigenvalue weighted by atomic mass is 19.1. The minimum absolute atomic E-state index is 0.109. The van der Waals surface area contributed by atoms with Crippen molar-refractivity contribution in [3.05, 3.63) is 179 Å². The van der Waals surface area contributed by atoms with Gasteiger partial charge in [-0.25, -0.2) is 4.39 Å². The van der Waals surface area contributed by atoms with Gasteiger partial charge in [0, 0.05) is 0 Å². The fourth-order valence-electron chi connectivity index (χ4n) is 5.17. The van der Waals surface area contributed by atoms with Crippen LogP contribution in [0.15, 0.2) is 146 Å². The number of carbonyl (C=O) groups is 1. The number of hydrogen-bond donors (Lipinski definition) is 0. The summed E-state index contributed by atoms with van der Waals surface area (Å²) in [6.45, 7) is 4.43. The Morgan fingerprint density at radius 1 is 0.524 bits per heavy atom. The van der Waals surface area contributed by atoms with Gasteiger partial charge in [0.25, 0.3) is 0 Å². The molecule has 0 aromatic heterocycles. The van der Waals surface area contributed by atoms with Crippen molar-refractivity contribution in [2.75, 3.05) is 0 Å². The Morgan fingerprint density at radius 2 is 1.02 bits per heavy atom. The highest BCUT2D eigenvalue weighted by Gasteiger charge is 2.19. The van der Waals surface area contributed by atoms with E-state index in [9.17, 15) is 9.18 Å². The van der Waals surface area contributed by atoms with Crippen molar-refractivity contribution in [2.45, 2.75) is 20.3 Å². The third-order valence-electron chi connectivity index (χ3n) is 7.68. The molecule has 2 heteroatoms. The summed E-state index contributed by atoms with van der Waals surface area (Å²) >= 11 is 0. The van der Waals surface area contributed by atoms with E-state index in [-0.39, 0.29) is 5.56 Å². The van der Waals surface area contributed by atoms with Gasteiger partial charge in [0.15, 0.2) is 6.29 Å². The van der Waals surface area contributed by atoms with E-state index in [4.69, 9.17) is 0 Å². The number of halogens is 1. The van der Waals surface area contributed by atoms with Crippen LogP contribution in [0, 0.1) is 19.7 Å².